The van der Waals surface area contributed by atoms with E-state index in [9.17, 15) is 4.79 Å². The van der Waals surface area contributed by atoms with Crippen molar-refractivity contribution in [2.24, 2.45) is 0 Å². The number of carbonyl (C=O) groups is 1. The van der Waals surface area contributed by atoms with E-state index in [-0.39, 0.29) is 11.9 Å². The van der Waals surface area contributed by atoms with E-state index < -0.39 is 0 Å². The number of imidazole rings is 1. The minimum absolute atomic E-state index is 0.0457. The lowest BCUT2D eigenvalue weighted by Crippen LogP contribution is -2.58. The first-order valence-electron chi connectivity index (χ1n) is 10.9. The van der Waals surface area contributed by atoms with E-state index in [0.29, 0.717) is 31.3 Å². The molecule has 0 bridgehead atoms. The third-order valence-electron chi connectivity index (χ3n) is 6.65. The van der Waals surface area contributed by atoms with Crippen LogP contribution in [0.5, 0.6) is 5.75 Å². The largest absolute Gasteiger partial charge is 0.488 e. The first kappa shape index (κ1) is 20.1. The molecule has 0 unspecified atom stereocenters. The fraction of sp³-hybridized carbons (Fsp3) is 0.240. The molecule has 1 amide bonds. The number of ether oxygens (including phenoxy) is 1. The van der Waals surface area contributed by atoms with Crippen molar-refractivity contribution < 1.29 is 9.53 Å². The number of hydrogen-bond acceptors (Lipinski definition) is 5. The van der Waals surface area contributed by atoms with Gasteiger partial charge in [0.15, 0.2) is 5.75 Å². The highest BCUT2D eigenvalue weighted by atomic mass is 35.5. The molecule has 7 nitrogen and oxygen atoms in total. The lowest BCUT2D eigenvalue weighted by atomic mass is 9.96. The van der Waals surface area contributed by atoms with Crippen molar-refractivity contribution in [3.63, 3.8) is 0 Å². The third kappa shape index (κ3) is 3.07. The Bertz CT molecular complexity index is 1450. The summed E-state index contributed by atoms with van der Waals surface area (Å²) in [7, 11) is 0. The molecule has 33 heavy (non-hydrogen) atoms. The Balaban J connectivity index is 1.48. The number of nitrogens with one attached hydrogen (secondary N) is 1. The van der Waals surface area contributed by atoms with E-state index in [0.717, 1.165) is 50.1 Å². The van der Waals surface area contributed by atoms with Crippen LogP contribution < -0.4 is 9.64 Å². The summed E-state index contributed by atoms with van der Waals surface area (Å²) in [5, 5.41) is 1.58. The van der Waals surface area contributed by atoms with Gasteiger partial charge in [0, 0.05) is 41.2 Å². The van der Waals surface area contributed by atoms with Gasteiger partial charge in [-0.1, -0.05) is 24.2 Å². The number of carbonyl (C=O) groups excluding carboxylic acids is 1. The molecule has 2 aliphatic heterocycles. The number of H-pyrrole nitrogens is 1. The van der Waals surface area contributed by atoms with Crippen LogP contribution in [0.4, 0.5) is 5.69 Å². The van der Waals surface area contributed by atoms with Gasteiger partial charge in [0.1, 0.15) is 6.61 Å². The minimum Gasteiger partial charge on any atom is -0.488 e. The number of hydrogen-bond donors (Lipinski definition) is 1. The van der Waals surface area contributed by atoms with E-state index in [2.05, 4.69) is 34.4 Å². The van der Waals surface area contributed by atoms with Crippen molar-refractivity contribution in [2.75, 3.05) is 31.1 Å². The van der Waals surface area contributed by atoms with Gasteiger partial charge in [-0.2, -0.15) is 0 Å². The van der Waals surface area contributed by atoms with Crippen molar-refractivity contribution in [3.8, 4) is 16.9 Å². The summed E-state index contributed by atoms with van der Waals surface area (Å²) >= 11 is 6.89. The van der Waals surface area contributed by atoms with Crippen LogP contribution >= 0.6 is 11.6 Å². The molecule has 2 aromatic carbocycles. The maximum atomic E-state index is 12.1. The summed E-state index contributed by atoms with van der Waals surface area (Å²) in [5.41, 5.74) is 6.69. The fourth-order valence-electron chi connectivity index (χ4n) is 5.03. The molecule has 0 spiro atoms. The Morgan fingerprint density at radius 1 is 1.30 bits per heavy atom. The van der Waals surface area contributed by atoms with Crippen molar-refractivity contribution in [3.05, 3.63) is 60.0 Å². The molecule has 1 fully saturated rings. The van der Waals surface area contributed by atoms with Crippen molar-refractivity contribution >= 4 is 45.1 Å². The Hall–Kier alpha value is -3.58. The van der Waals surface area contributed by atoms with E-state index in [1.165, 1.54) is 6.08 Å². The van der Waals surface area contributed by atoms with Gasteiger partial charge in [0.2, 0.25) is 5.91 Å². The lowest BCUT2D eigenvalue weighted by Gasteiger charge is -2.45. The molecule has 2 aliphatic rings. The van der Waals surface area contributed by atoms with E-state index in [1.54, 1.807) is 12.5 Å². The maximum absolute atomic E-state index is 12.1. The molecule has 0 saturated carbocycles. The highest BCUT2D eigenvalue weighted by Crippen LogP contribution is 2.44. The summed E-state index contributed by atoms with van der Waals surface area (Å²) in [6.45, 7) is 8.13. The highest BCUT2D eigenvalue weighted by Gasteiger charge is 2.35. The zero-order valence-electron chi connectivity index (χ0n) is 18.1. The van der Waals surface area contributed by atoms with Crippen LogP contribution in [-0.2, 0) is 4.79 Å². The Labute approximate surface area is 195 Å². The zero-order chi connectivity index (χ0) is 22.7. The number of nitrogens with zero attached hydrogens (tertiary/aromatic N) is 4. The van der Waals surface area contributed by atoms with Crippen LogP contribution in [0.25, 0.3) is 33.1 Å². The molecule has 1 saturated heterocycles. The number of aromatic amines is 1. The number of fused-ring (bicyclic) bond motifs is 6. The maximum Gasteiger partial charge on any atom is 0.246 e. The van der Waals surface area contributed by atoms with Crippen LogP contribution in [0.3, 0.4) is 0 Å². The monoisotopic (exact) mass is 459 g/mol. The van der Waals surface area contributed by atoms with E-state index in [1.807, 2.05) is 23.1 Å². The topological polar surface area (TPSA) is 74.4 Å². The van der Waals surface area contributed by atoms with Gasteiger partial charge < -0.3 is 19.5 Å². The molecule has 0 radical (unpaired) electrons. The Morgan fingerprint density at radius 2 is 2.18 bits per heavy atom. The molecule has 4 aromatic rings. The fourth-order valence-corrected chi connectivity index (χ4v) is 5.29. The summed E-state index contributed by atoms with van der Waals surface area (Å²) in [4.78, 5) is 28.7. The van der Waals surface area contributed by atoms with Crippen LogP contribution in [0.15, 0.2) is 49.4 Å². The molecule has 1 N–H and O–H groups in total. The van der Waals surface area contributed by atoms with Gasteiger partial charge in [0.25, 0.3) is 0 Å². The van der Waals surface area contributed by atoms with Crippen LogP contribution in [-0.4, -0.2) is 58.0 Å². The predicted octanol–water partition coefficient (Wildman–Crippen LogP) is 4.34. The Morgan fingerprint density at radius 3 is 3.03 bits per heavy atom. The molecular formula is C25H22ClN5O2. The molecule has 8 heteroatoms. The molecule has 4 heterocycles. The van der Waals surface area contributed by atoms with E-state index in [4.69, 9.17) is 21.3 Å². The van der Waals surface area contributed by atoms with Crippen LogP contribution in [0, 0.1) is 6.92 Å². The quantitative estimate of drug-likeness (QED) is 0.451. The summed E-state index contributed by atoms with van der Waals surface area (Å²) in [6.07, 6.45) is 4.86. The zero-order valence-corrected chi connectivity index (χ0v) is 18.9. The first-order chi connectivity index (χ1) is 16.0. The molecular weight excluding hydrogens is 438 g/mol. The third-order valence-corrected chi connectivity index (χ3v) is 6.96. The second-order valence-corrected chi connectivity index (χ2v) is 8.93. The summed E-state index contributed by atoms with van der Waals surface area (Å²) in [6, 6.07) is 8.18. The van der Waals surface area contributed by atoms with Crippen LogP contribution in [0.1, 0.15) is 5.56 Å². The van der Waals surface area contributed by atoms with Crippen molar-refractivity contribution in [1.82, 2.24) is 19.9 Å². The number of aromatic nitrogens is 3. The molecule has 166 valence electrons. The number of anilines is 1. The number of rotatable bonds is 2. The highest BCUT2D eigenvalue weighted by molar-refractivity contribution is 6.35. The van der Waals surface area contributed by atoms with Crippen molar-refractivity contribution in [2.45, 2.75) is 13.0 Å². The summed E-state index contributed by atoms with van der Waals surface area (Å²) in [5.74, 6) is 0.701. The average molecular weight is 460 g/mol. The van der Waals surface area contributed by atoms with Gasteiger partial charge in [0.05, 0.1) is 40.8 Å². The van der Waals surface area contributed by atoms with Gasteiger partial charge >= 0.3 is 0 Å². The molecule has 1 atom stereocenters. The summed E-state index contributed by atoms with van der Waals surface area (Å²) < 4.78 is 6.06. The van der Waals surface area contributed by atoms with Crippen molar-refractivity contribution in [1.29, 1.82) is 0 Å². The second-order valence-electron chi connectivity index (χ2n) is 8.52. The number of pyridine rings is 1. The first-order valence-corrected chi connectivity index (χ1v) is 11.3. The average Bonchev–Trinajstić information content (AvgIpc) is 3.31. The normalized spacial score (nSPS) is 17.6. The Kier molecular flexibility index (Phi) is 4.55. The molecule has 0 aliphatic carbocycles. The second kappa shape index (κ2) is 7.49. The van der Waals surface area contributed by atoms with E-state index >= 15 is 0 Å². The number of aryl methyl sites for hydroxylation is 1. The number of benzene rings is 2. The smallest absolute Gasteiger partial charge is 0.246 e. The standard InChI is InChI=1S/C25H22ClN5O2/c1-3-22(32)30-6-7-31-15(11-30)12-33-21-10-27-20-9-16(18(26)8-17(20)25(21)31)23-14(2)4-5-19-24(23)29-13-28-19/h3-5,8-10,13,15H,1,6-7,11-12H2,2H3,(H,28,29)/t15-/m1/s1. The SMILES string of the molecule is C=CC(=O)N1CCN2c3c(cnc4cc(-c5c(C)ccc6[nH]cnc56)c(Cl)cc34)OC[C@H]2C1. The minimum atomic E-state index is -0.0457. The number of amides is 1. The van der Waals surface area contributed by atoms with Crippen LogP contribution in [0.2, 0.25) is 5.02 Å². The molecule has 2 aromatic heterocycles. The van der Waals surface area contributed by atoms with Gasteiger partial charge in [-0.05, 0) is 36.8 Å². The predicted molar refractivity (Wildman–Crippen MR) is 130 cm³/mol. The molecule has 6 rings (SSSR count). The van der Waals surface area contributed by atoms with Gasteiger partial charge in [-0.15, -0.1) is 0 Å². The number of piperazine rings is 1. The lowest BCUT2D eigenvalue weighted by molar-refractivity contribution is -0.127. The van der Waals surface area contributed by atoms with Gasteiger partial charge in [-0.3, -0.25) is 9.78 Å². The number of halogens is 1. The van der Waals surface area contributed by atoms with Gasteiger partial charge in [-0.25, -0.2) is 4.98 Å².